The zero-order valence-corrected chi connectivity index (χ0v) is 10.5. The summed E-state index contributed by atoms with van der Waals surface area (Å²) in [5.41, 5.74) is -0.729. The van der Waals surface area contributed by atoms with Crippen molar-refractivity contribution in [1.82, 2.24) is 9.44 Å². The summed E-state index contributed by atoms with van der Waals surface area (Å²) in [6.07, 6.45) is -1.32. The van der Waals surface area contributed by atoms with Crippen LogP contribution in [0.3, 0.4) is 0 Å². The molecule has 96 valence electrons. The van der Waals surface area contributed by atoms with E-state index in [1.165, 1.54) is 6.92 Å². The Kier molecular flexibility index (Phi) is 4.86. The van der Waals surface area contributed by atoms with Gasteiger partial charge in [0, 0.05) is 5.54 Å². The number of carboxylic acids is 1. The third kappa shape index (κ3) is 6.01. The number of hydrogen-bond donors (Lipinski definition) is 4. The van der Waals surface area contributed by atoms with Crippen molar-refractivity contribution in [1.29, 1.82) is 0 Å². The van der Waals surface area contributed by atoms with Crippen LogP contribution >= 0.6 is 0 Å². The second-order valence-electron chi connectivity index (χ2n) is 4.53. The molecule has 0 fully saturated rings. The summed E-state index contributed by atoms with van der Waals surface area (Å²) in [7, 11) is -3.97. The van der Waals surface area contributed by atoms with Gasteiger partial charge >= 0.3 is 5.97 Å². The first-order valence-corrected chi connectivity index (χ1v) is 6.15. The van der Waals surface area contributed by atoms with Gasteiger partial charge in [-0.05, 0) is 27.7 Å². The molecular weight excluding hydrogens is 236 g/mol. The maximum absolute atomic E-state index is 11.5. The zero-order valence-electron chi connectivity index (χ0n) is 9.68. The van der Waals surface area contributed by atoms with E-state index >= 15 is 0 Å². The fraction of sp³-hybridized carbons (Fsp3) is 0.875. The number of carbonyl (C=O) groups is 1. The Labute approximate surface area is 95.0 Å². The van der Waals surface area contributed by atoms with Crippen molar-refractivity contribution < 1.29 is 23.4 Å². The molecule has 0 aliphatic heterocycles. The number of rotatable bonds is 5. The molecule has 0 amide bonds. The summed E-state index contributed by atoms with van der Waals surface area (Å²) in [5.74, 6) is -1.44. The number of hydrogen-bond acceptors (Lipinski definition) is 4. The largest absolute Gasteiger partial charge is 0.480 e. The highest BCUT2D eigenvalue weighted by Crippen LogP contribution is 2.02. The van der Waals surface area contributed by atoms with Gasteiger partial charge in [-0.1, -0.05) is 0 Å². The number of aliphatic carboxylic acids is 1. The zero-order chi connectivity index (χ0) is 13.1. The van der Waals surface area contributed by atoms with Crippen LogP contribution in [0.5, 0.6) is 0 Å². The molecule has 0 aromatic heterocycles. The first kappa shape index (κ1) is 15.3. The molecule has 16 heavy (non-hydrogen) atoms. The van der Waals surface area contributed by atoms with Crippen LogP contribution in [0, 0.1) is 0 Å². The lowest BCUT2D eigenvalue weighted by Gasteiger charge is -2.23. The van der Waals surface area contributed by atoms with Crippen LogP contribution in [-0.2, 0) is 15.0 Å². The average molecular weight is 254 g/mol. The lowest BCUT2D eigenvalue weighted by Crippen LogP contribution is -2.54. The first-order chi connectivity index (χ1) is 6.94. The van der Waals surface area contributed by atoms with E-state index in [9.17, 15) is 13.2 Å². The molecule has 2 unspecified atom stereocenters. The molecule has 7 nitrogen and oxygen atoms in total. The van der Waals surface area contributed by atoms with Crippen LogP contribution in [0.25, 0.3) is 0 Å². The van der Waals surface area contributed by atoms with E-state index in [1.54, 1.807) is 20.8 Å². The molecule has 0 aliphatic carbocycles. The van der Waals surface area contributed by atoms with Gasteiger partial charge in [0.1, 0.15) is 6.04 Å². The summed E-state index contributed by atoms with van der Waals surface area (Å²) >= 11 is 0. The minimum absolute atomic E-state index is 0.729. The summed E-state index contributed by atoms with van der Waals surface area (Å²) in [4.78, 5) is 10.7. The minimum atomic E-state index is -3.97. The normalized spacial score (nSPS) is 16.8. The van der Waals surface area contributed by atoms with Gasteiger partial charge in [0.15, 0.2) is 0 Å². The molecule has 0 rings (SSSR count). The molecule has 0 aromatic rings. The molecule has 8 heteroatoms. The Morgan fingerprint density at radius 2 is 1.75 bits per heavy atom. The van der Waals surface area contributed by atoms with Crippen LogP contribution in [0.15, 0.2) is 0 Å². The van der Waals surface area contributed by atoms with Crippen LogP contribution in [0.1, 0.15) is 27.7 Å². The third-order valence-corrected chi connectivity index (χ3v) is 2.92. The van der Waals surface area contributed by atoms with E-state index in [0.29, 0.717) is 0 Å². The van der Waals surface area contributed by atoms with Crippen molar-refractivity contribution >= 4 is 16.2 Å². The van der Waals surface area contributed by atoms with E-state index < -0.39 is 33.9 Å². The topological polar surface area (TPSA) is 116 Å². The fourth-order valence-corrected chi connectivity index (χ4v) is 2.45. The number of aliphatic hydroxyl groups excluding tert-OH is 1. The van der Waals surface area contributed by atoms with Crippen LogP contribution in [0.4, 0.5) is 0 Å². The molecule has 0 radical (unpaired) electrons. The van der Waals surface area contributed by atoms with Gasteiger partial charge in [-0.2, -0.15) is 17.9 Å². The molecule has 0 heterocycles. The highest BCUT2D eigenvalue weighted by Gasteiger charge is 2.30. The van der Waals surface area contributed by atoms with Crippen molar-refractivity contribution in [2.45, 2.75) is 45.4 Å². The number of nitrogens with one attached hydrogen (secondary N) is 2. The van der Waals surface area contributed by atoms with Crippen molar-refractivity contribution in [2.75, 3.05) is 0 Å². The Morgan fingerprint density at radius 1 is 1.31 bits per heavy atom. The Morgan fingerprint density at radius 3 is 2.00 bits per heavy atom. The lowest BCUT2D eigenvalue weighted by atomic mass is 10.1. The monoisotopic (exact) mass is 254 g/mol. The quantitative estimate of drug-likeness (QED) is 0.504. The van der Waals surface area contributed by atoms with Crippen LogP contribution < -0.4 is 9.44 Å². The van der Waals surface area contributed by atoms with Gasteiger partial charge in [0.25, 0.3) is 10.2 Å². The van der Waals surface area contributed by atoms with Gasteiger partial charge < -0.3 is 10.2 Å². The van der Waals surface area contributed by atoms with Gasteiger partial charge in [-0.15, -0.1) is 0 Å². The third-order valence-electron chi connectivity index (χ3n) is 1.47. The van der Waals surface area contributed by atoms with E-state index in [-0.39, 0.29) is 0 Å². The molecule has 0 saturated carbocycles. The molecule has 4 N–H and O–H groups in total. The van der Waals surface area contributed by atoms with Crippen molar-refractivity contribution in [3.63, 3.8) is 0 Å². The van der Waals surface area contributed by atoms with Gasteiger partial charge in [-0.25, -0.2) is 0 Å². The summed E-state index contributed by atoms with van der Waals surface area (Å²) in [6, 6.07) is -1.57. The fourth-order valence-electron chi connectivity index (χ4n) is 0.955. The summed E-state index contributed by atoms with van der Waals surface area (Å²) in [6.45, 7) is 6.04. The molecule has 0 saturated heterocycles. The Hall–Kier alpha value is -0.700. The van der Waals surface area contributed by atoms with Crippen molar-refractivity contribution in [2.24, 2.45) is 0 Å². The van der Waals surface area contributed by atoms with Gasteiger partial charge in [0.2, 0.25) is 0 Å². The van der Waals surface area contributed by atoms with Crippen LogP contribution in [-0.4, -0.2) is 42.3 Å². The van der Waals surface area contributed by atoms with Gasteiger partial charge in [-0.3, -0.25) is 4.79 Å². The Balaban J connectivity index is 4.75. The maximum Gasteiger partial charge on any atom is 0.324 e. The standard InChI is InChI=1S/C8H18N2O5S/c1-5(11)6(7(12)13)9-16(14,15)10-8(2,3)4/h5-6,9-11H,1-4H3,(H,12,13). The molecule has 0 bridgehead atoms. The SMILES string of the molecule is CC(O)C(NS(=O)(=O)NC(C)(C)C)C(=O)O. The molecular formula is C8H18N2O5S. The summed E-state index contributed by atoms with van der Waals surface area (Å²) < 4.78 is 27.0. The Bertz CT molecular complexity index is 344. The average Bonchev–Trinajstić information content (AvgIpc) is 1.94. The second-order valence-corrected chi connectivity index (χ2v) is 5.98. The lowest BCUT2D eigenvalue weighted by molar-refractivity contribution is -0.141. The molecule has 0 aromatic carbocycles. The van der Waals surface area contributed by atoms with E-state index in [4.69, 9.17) is 10.2 Å². The molecule has 2 atom stereocenters. The van der Waals surface area contributed by atoms with Crippen LogP contribution in [0.2, 0.25) is 0 Å². The first-order valence-electron chi connectivity index (χ1n) is 4.67. The highest BCUT2D eigenvalue weighted by atomic mass is 32.2. The predicted molar refractivity (Wildman–Crippen MR) is 58.0 cm³/mol. The van der Waals surface area contributed by atoms with Crippen molar-refractivity contribution in [3.8, 4) is 0 Å². The maximum atomic E-state index is 11.5. The number of carboxylic acid groups (broad SMARTS) is 1. The van der Waals surface area contributed by atoms with E-state index in [1.807, 2.05) is 4.72 Å². The minimum Gasteiger partial charge on any atom is -0.480 e. The molecule has 0 spiro atoms. The van der Waals surface area contributed by atoms with Crippen molar-refractivity contribution in [3.05, 3.63) is 0 Å². The molecule has 0 aliphatic rings. The predicted octanol–water partition coefficient (Wildman–Crippen LogP) is -0.957. The number of aliphatic hydroxyl groups is 1. The van der Waals surface area contributed by atoms with Gasteiger partial charge in [0.05, 0.1) is 6.10 Å². The summed E-state index contributed by atoms with van der Waals surface area (Å²) in [5, 5.41) is 17.8. The van der Waals surface area contributed by atoms with E-state index in [2.05, 4.69) is 4.72 Å². The van der Waals surface area contributed by atoms with E-state index in [0.717, 1.165) is 0 Å². The second kappa shape index (κ2) is 5.09. The smallest absolute Gasteiger partial charge is 0.324 e. The highest BCUT2D eigenvalue weighted by molar-refractivity contribution is 7.87.